The molecular formula is C13H17Cl2N5. The zero-order valence-electron chi connectivity index (χ0n) is 11.6. The minimum Gasteiger partial charge on any atom is -0.397 e. The third kappa shape index (κ3) is 2.74. The Hall–Kier alpha value is -1.33. The standard InChI is InChI=1S/C13H17Cl2N5/c1-4-7(2)8(3)20-13(17-18-19-20)9-5-10(14)12(15)11(16)6-9/h5-8H,4,16H2,1-3H3. The monoisotopic (exact) mass is 313 g/mol. The minimum absolute atomic E-state index is 0.181. The number of anilines is 1. The Labute approximate surface area is 128 Å². The first-order chi connectivity index (χ1) is 9.45. The molecule has 0 aliphatic carbocycles. The van der Waals surface area contributed by atoms with Crippen LogP contribution in [0.15, 0.2) is 12.1 Å². The van der Waals surface area contributed by atoms with Crippen LogP contribution in [0.5, 0.6) is 0 Å². The Morgan fingerprint density at radius 3 is 2.60 bits per heavy atom. The lowest BCUT2D eigenvalue weighted by Gasteiger charge is -2.19. The summed E-state index contributed by atoms with van der Waals surface area (Å²) in [5, 5.41) is 12.7. The Bertz CT molecular complexity index is 588. The van der Waals surface area contributed by atoms with Gasteiger partial charge in [-0.15, -0.1) is 5.10 Å². The van der Waals surface area contributed by atoms with Crippen molar-refractivity contribution in [1.29, 1.82) is 0 Å². The first-order valence-corrected chi connectivity index (χ1v) is 7.24. The second-order valence-corrected chi connectivity index (χ2v) is 5.72. The lowest BCUT2D eigenvalue weighted by atomic mass is 10.0. The zero-order chi connectivity index (χ0) is 14.9. The maximum absolute atomic E-state index is 6.07. The van der Waals surface area contributed by atoms with Crippen LogP contribution in [0.25, 0.3) is 11.4 Å². The van der Waals surface area contributed by atoms with Crippen molar-refractivity contribution in [2.75, 3.05) is 5.73 Å². The highest BCUT2D eigenvalue weighted by Gasteiger charge is 2.20. The molecule has 108 valence electrons. The Balaban J connectivity index is 2.47. The van der Waals surface area contributed by atoms with Crippen LogP contribution in [0.4, 0.5) is 5.69 Å². The number of tetrazole rings is 1. The fourth-order valence-electron chi connectivity index (χ4n) is 1.98. The number of nitrogen functional groups attached to an aromatic ring is 1. The summed E-state index contributed by atoms with van der Waals surface area (Å²) in [6.45, 7) is 6.40. The summed E-state index contributed by atoms with van der Waals surface area (Å²) in [7, 11) is 0. The van der Waals surface area contributed by atoms with Crippen LogP contribution in [0.1, 0.15) is 33.2 Å². The number of nitrogens with two attached hydrogens (primary N) is 1. The van der Waals surface area contributed by atoms with Gasteiger partial charge in [0.1, 0.15) is 0 Å². The summed E-state index contributed by atoms with van der Waals surface area (Å²) in [6.07, 6.45) is 1.05. The van der Waals surface area contributed by atoms with Gasteiger partial charge in [0.25, 0.3) is 0 Å². The van der Waals surface area contributed by atoms with E-state index >= 15 is 0 Å². The van der Waals surface area contributed by atoms with Gasteiger partial charge in [-0.05, 0) is 35.4 Å². The van der Waals surface area contributed by atoms with E-state index in [1.54, 1.807) is 16.8 Å². The number of nitrogens with zero attached hydrogens (tertiary/aromatic N) is 4. The molecule has 1 aromatic heterocycles. The molecule has 0 aliphatic heterocycles. The summed E-state index contributed by atoms with van der Waals surface area (Å²) in [5.74, 6) is 1.10. The molecule has 0 fully saturated rings. The lowest BCUT2D eigenvalue weighted by Crippen LogP contribution is -2.16. The molecule has 0 saturated heterocycles. The van der Waals surface area contributed by atoms with Gasteiger partial charge in [-0.1, -0.05) is 43.5 Å². The van der Waals surface area contributed by atoms with Crippen molar-refractivity contribution >= 4 is 28.9 Å². The van der Waals surface area contributed by atoms with Crippen molar-refractivity contribution in [3.63, 3.8) is 0 Å². The topological polar surface area (TPSA) is 69.6 Å². The van der Waals surface area contributed by atoms with E-state index in [2.05, 4.69) is 36.3 Å². The predicted octanol–water partition coefficient (Wildman–Crippen LogP) is 3.84. The van der Waals surface area contributed by atoms with Crippen molar-refractivity contribution in [1.82, 2.24) is 20.2 Å². The second-order valence-electron chi connectivity index (χ2n) is 4.93. The van der Waals surface area contributed by atoms with Crippen LogP contribution >= 0.6 is 23.2 Å². The molecule has 0 saturated carbocycles. The molecule has 20 heavy (non-hydrogen) atoms. The summed E-state index contributed by atoms with van der Waals surface area (Å²) in [5.41, 5.74) is 7.02. The van der Waals surface area contributed by atoms with Crippen molar-refractivity contribution in [2.45, 2.75) is 33.2 Å². The van der Waals surface area contributed by atoms with Crippen LogP contribution in [0.3, 0.4) is 0 Å². The molecule has 0 radical (unpaired) electrons. The van der Waals surface area contributed by atoms with Gasteiger partial charge in [0.2, 0.25) is 0 Å². The molecule has 2 rings (SSSR count). The maximum Gasteiger partial charge on any atom is 0.182 e. The van der Waals surface area contributed by atoms with Crippen LogP contribution in [0.2, 0.25) is 10.0 Å². The largest absolute Gasteiger partial charge is 0.397 e. The van der Waals surface area contributed by atoms with E-state index in [4.69, 9.17) is 28.9 Å². The number of rotatable bonds is 4. The van der Waals surface area contributed by atoms with Gasteiger partial charge in [0.15, 0.2) is 5.82 Å². The summed E-state index contributed by atoms with van der Waals surface area (Å²) in [6, 6.07) is 3.64. The molecule has 2 aromatic rings. The molecule has 1 heterocycles. The quantitative estimate of drug-likeness (QED) is 0.871. The third-order valence-corrected chi connectivity index (χ3v) is 4.48. The molecule has 0 bridgehead atoms. The molecular weight excluding hydrogens is 297 g/mol. The third-order valence-electron chi connectivity index (χ3n) is 3.66. The van der Waals surface area contributed by atoms with Crippen molar-refractivity contribution in [3.05, 3.63) is 22.2 Å². The summed E-state index contributed by atoms with van der Waals surface area (Å²) < 4.78 is 1.80. The highest BCUT2D eigenvalue weighted by molar-refractivity contribution is 6.43. The average molecular weight is 314 g/mol. The van der Waals surface area contributed by atoms with E-state index in [1.165, 1.54) is 0 Å². The van der Waals surface area contributed by atoms with Crippen molar-refractivity contribution in [2.24, 2.45) is 5.92 Å². The first kappa shape index (κ1) is 15.1. The molecule has 5 nitrogen and oxygen atoms in total. The highest BCUT2D eigenvalue weighted by Crippen LogP contribution is 2.34. The molecule has 0 aliphatic rings. The van der Waals surface area contributed by atoms with E-state index < -0.39 is 0 Å². The molecule has 7 heteroatoms. The fraction of sp³-hybridized carbons (Fsp3) is 0.462. The molecule has 2 unspecified atom stereocenters. The molecule has 0 amide bonds. The maximum atomic E-state index is 6.07. The van der Waals surface area contributed by atoms with Crippen LogP contribution < -0.4 is 5.73 Å². The smallest absolute Gasteiger partial charge is 0.182 e. The van der Waals surface area contributed by atoms with Gasteiger partial charge in [-0.2, -0.15) is 0 Å². The number of hydrogen-bond acceptors (Lipinski definition) is 4. The first-order valence-electron chi connectivity index (χ1n) is 6.48. The number of hydrogen-bond donors (Lipinski definition) is 1. The molecule has 2 atom stereocenters. The van der Waals surface area contributed by atoms with E-state index in [0.29, 0.717) is 27.5 Å². The Kier molecular flexibility index (Phi) is 4.50. The van der Waals surface area contributed by atoms with Gasteiger partial charge in [0.05, 0.1) is 21.8 Å². The molecule has 2 N–H and O–H groups in total. The van der Waals surface area contributed by atoms with Gasteiger partial charge in [-0.3, -0.25) is 0 Å². The molecule has 0 spiro atoms. The van der Waals surface area contributed by atoms with Crippen LogP contribution in [-0.4, -0.2) is 20.2 Å². The second kappa shape index (κ2) is 5.97. The van der Waals surface area contributed by atoms with E-state index in [9.17, 15) is 0 Å². The Morgan fingerprint density at radius 1 is 1.30 bits per heavy atom. The predicted molar refractivity (Wildman–Crippen MR) is 81.9 cm³/mol. The van der Waals surface area contributed by atoms with Gasteiger partial charge < -0.3 is 5.73 Å². The van der Waals surface area contributed by atoms with Crippen LogP contribution in [-0.2, 0) is 0 Å². The fourth-order valence-corrected chi connectivity index (χ4v) is 2.32. The average Bonchev–Trinajstić information content (AvgIpc) is 2.91. The summed E-state index contributed by atoms with van der Waals surface area (Å²) >= 11 is 12.0. The van der Waals surface area contributed by atoms with Crippen molar-refractivity contribution in [3.8, 4) is 11.4 Å². The lowest BCUT2D eigenvalue weighted by molar-refractivity contribution is 0.340. The normalized spacial score (nSPS) is 14.2. The molecule has 1 aromatic carbocycles. The van der Waals surface area contributed by atoms with E-state index in [-0.39, 0.29) is 6.04 Å². The number of benzene rings is 1. The van der Waals surface area contributed by atoms with E-state index in [0.717, 1.165) is 12.0 Å². The number of halogens is 2. The minimum atomic E-state index is 0.181. The Morgan fingerprint density at radius 2 is 2.00 bits per heavy atom. The van der Waals surface area contributed by atoms with Crippen molar-refractivity contribution < 1.29 is 0 Å². The number of aromatic nitrogens is 4. The van der Waals surface area contributed by atoms with Crippen LogP contribution in [0, 0.1) is 5.92 Å². The van der Waals surface area contributed by atoms with Gasteiger partial charge in [0, 0.05) is 5.56 Å². The highest BCUT2D eigenvalue weighted by atomic mass is 35.5. The summed E-state index contributed by atoms with van der Waals surface area (Å²) in [4.78, 5) is 0. The van der Waals surface area contributed by atoms with Gasteiger partial charge in [-0.25, -0.2) is 4.68 Å². The van der Waals surface area contributed by atoms with Gasteiger partial charge >= 0.3 is 0 Å². The van der Waals surface area contributed by atoms with E-state index in [1.807, 2.05) is 0 Å². The zero-order valence-corrected chi connectivity index (χ0v) is 13.2. The SMILES string of the molecule is CCC(C)C(C)n1nnnc1-c1cc(N)c(Cl)c(Cl)c1.